The fourth-order valence-electron chi connectivity index (χ4n) is 0.521. The largest absolute Gasteiger partial charge is 0.388 e. The number of allylic oxidation sites excluding steroid dienone is 5. The molecule has 0 saturated heterocycles. The van der Waals surface area contributed by atoms with E-state index in [1.807, 2.05) is 25.3 Å². The fraction of sp³-hybridized carbons (Fsp3) is 0.111. The van der Waals surface area contributed by atoms with Crippen molar-refractivity contribution in [3.8, 4) is 0 Å². The summed E-state index contributed by atoms with van der Waals surface area (Å²) >= 11 is 0. The Labute approximate surface area is 62.5 Å². The van der Waals surface area contributed by atoms with Crippen molar-refractivity contribution in [1.82, 2.24) is 5.32 Å². The van der Waals surface area contributed by atoms with Crippen LogP contribution in [-0.2, 0) is 0 Å². The monoisotopic (exact) mass is 135 g/mol. The van der Waals surface area contributed by atoms with E-state index in [0.717, 1.165) is 5.70 Å². The minimum Gasteiger partial charge on any atom is -0.388 e. The van der Waals surface area contributed by atoms with Crippen molar-refractivity contribution in [1.29, 1.82) is 0 Å². The molecule has 0 spiro atoms. The molecule has 0 fully saturated rings. The lowest BCUT2D eigenvalue weighted by atomic mass is 10.3. The van der Waals surface area contributed by atoms with Crippen LogP contribution in [0.3, 0.4) is 0 Å². The molecule has 0 radical (unpaired) electrons. The summed E-state index contributed by atoms with van der Waals surface area (Å²) in [5.41, 5.74) is 1.02. The van der Waals surface area contributed by atoms with Gasteiger partial charge >= 0.3 is 0 Å². The van der Waals surface area contributed by atoms with Crippen LogP contribution in [0.5, 0.6) is 0 Å². The standard InChI is InChI=1S/C9H13N/c1-4-6-8-9(10-3)7-5-2/h4-8,10H,1-2H2,3H3/b8-6-,9-7+. The van der Waals surface area contributed by atoms with Crippen molar-refractivity contribution in [2.75, 3.05) is 7.05 Å². The van der Waals surface area contributed by atoms with Gasteiger partial charge in [0, 0.05) is 12.7 Å². The van der Waals surface area contributed by atoms with Gasteiger partial charge in [0.1, 0.15) is 0 Å². The van der Waals surface area contributed by atoms with Crippen LogP contribution in [0.2, 0.25) is 0 Å². The molecule has 0 bridgehead atoms. The minimum atomic E-state index is 1.02. The Hall–Kier alpha value is -1.24. The highest BCUT2D eigenvalue weighted by Gasteiger charge is 1.79. The summed E-state index contributed by atoms with van der Waals surface area (Å²) < 4.78 is 0. The zero-order valence-corrected chi connectivity index (χ0v) is 6.30. The van der Waals surface area contributed by atoms with Crippen molar-refractivity contribution >= 4 is 0 Å². The van der Waals surface area contributed by atoms with Gasteiger partial charge in [0.25, 0.3) is 0 Å². The molecule has 1 nitrogen and oxygen atoms in total. The van der Waals surface area contributed by atoms with Crippen LogP contribution in [0.25, 0.3) is 0 Å². The second-order valence-electron chi connectivity index (χ2n) is 1.70. The highest BCUT2D eigenvalue weighted by atomic mass is 14.8. The zero-order valence-electron chi connectivity index (χ0n) is 6.30. The van der Waals surface area contributed by atoms with Gasteiger partial charge in [-0.15, -0.1) is 0 Å². The fourth-order valence-corrected chi connectivity index (χ4v) is 0.521. The van der Waals surface area contributed by atoms with Crippen LogP contribution in [-0.4, -0.2) is 7.05 Å². The molecule has 0 rings (SSSR count). The quantitative estimate of drug-likeness (QED) is 0.581. The predicted octanol–water partition coefficient (Wildman–Crippen LogP) is 2.02. The third-order valence-electron chi connectivity index (χ3n) is 0.998. The summed E-state index contributed by atoms with van der Waals surface area (Å²) in [4.78, 5) is 0. The SMILES string of the molecule is C=C/C=C\C(=C/C=C)NC. The molecule has 0 saturated carbocycles. The van der Waals surface area contributed by atoms with E-state index in [0.29, 0.717) is 0 Å². The van der Waals surface area contributed by atoms with Gasteiger partial charge in [-0.3, -0.25) is 0 Å². The number of hydrogen-bond acceptors (Lipinski definition) is 1. The first-order chi connectivity index (χ1) is 4.85. The van der Waals surface area contributed by atoms with E-state index in [1.165, 1.54) is 0 Å². The van der Waals surface area contributed by atoms with Crippen LogP contribution in [0.15, 0.2) is 49.2 Å². The van der Waals surface area contributed by atoms with E-state index < -0.39 is 0 Å². The maximum Gasteiger partial charge on any atom is 0.0337 e. The summed E-state index contributed by atoms with van der Waals surface area (Å²) in [6.07, 6.45) is 9.15. The van der Waals surface area contributed by atoms with Crippen molar-refractivity contribution in [3.05, 3.63) is 49.2 Å². The van der Waals surface area contributed by atoms with E-state index >= 15 is 0 Å². The Bertz CT molecular complexity index is 164. The molecule has 54 valence electrons. The van der Waals surface area contributed by atoms with Gasteiger partial charge < -0.3 is 5.32 Å². The Morgan fingerprint density at radius 1 is 1.30 bits per heavy atom. The van der Waals surface area contributed by atoms with E-state index in [1.54, 1.807) is 12.2 Å². The first-order valence-corrected chi connectivity index (χ1v) is 3.14. The molecule has 0 aliphatic heterocycles. The molecule has 0 aliphatic rings. The lowest BCUT2D eigenvalue weighted by Crippen LogP contribution is -2.01. The average molecular weight is 135 g/mol. The molecular formula is C9H13N. The molecule has 10 heavy (non-hydrogen) atoms. The topological polar surface area (TPSA) is 12.0 Å². The third kappa shape index (κ3) is 3.72. The normalized spacial score (nSPS) is 11.5. The summed E-state index contributed by atoms with van der Waals surface area (Å²) in [6, 6.07) is 0. The maximum atomic E-state index is 3.58. The Balaban J connectivity index is 4.06. The molecule has 0 atom stereocenters. The highest BCUT2D eigenvalue weighted by Crippen LogP contribution is 1.90. The van der Waals surface area contributed by atoms with Crippen molar-refractivity contribution in [2.45, 2.75) is 0 Å². The van der Waals surface area contributed by atoms with E-state index in [-0.39, 0.29) is 0 Å². The van der Waals surface area contributed by atoms with Gasteiger partial charge in [-0.2, -0.15) is 0 Å². The van der Waals surface area contributed by atoms with Gasteiger partial charge in [-0.05, 0) is 12.2 Å². The van der Waals surface area contributed by atoms with Gasteiger partial charge in [-0.25, -0.2) is 0 Å². The predicted molar refractivity (Wildman–Crippen MR) is 46.7 cm³/mol. The molecule has 0 aromatic heterocycles. The number of likely N-dealkylation sites (N-methyl/N-ethyl adjacent to an activating group) is 1. The molecule has 0 aromatic carbocycles. The van der Waals surface area contributed by atoms with Crippen LogP contribution >= 0.6 is 0 Å². The number of hydrogen-bond donors (Lipinski definition) is 1. The second kappa shape index (κ2) is 5.89. The number of nitrogens with one attached hydrogen (secondary N) is 1. The van der Waals surface area contributed by atoms with E-state index in [9.17, 15) is 0 Å². The lowest BCUT2D eigenvalue weighted by molar-refractivity contribution is 1.03. The van der Waals surface area contributed by atoms with Crippen molar-refractivity contribution in [2.24, 2.45) is 0 Å². The van der Waals surface area contributed by atoms with Gasteiger partial charge in [0.05, 0.1) is 0 Å². The molecule has 0 unspecified atom stereocenters. The van der Waals surface area contributed by atoms with Crippen LogP contribution in [0, 0.1) is 0 Å². The summed E-state index contributed by atoms with van der Waals surface area (Å²) in [7, 11) is 1.86. The van der Waals surface area contributed by atoms with Crippen molar-refractivity contribution < 1.29 is 0 Å². The van der Waals surface area contributed by atoms with Gasteiger partial charge in [-0.1, -0.05) is 31.4 Å². The van der Waals surface area contributed by atoms with Gasteiger partial charge in [0.15, 0.2) is 0 Å². The van der Waals surface area contributed by atoms with Crippen LogP contribution < -0.4 is 5.32 Å². The number of rotatable bonds is 4. The Morgan fingerprint density at radius 2 is 2.00 bits per heavy atom. The van der Waals surface area contributed by atoms with E-state index in [4.69, 9.17) is 0 Å². The lowest BCUT2D eigenvalue weighted by Gasteiger charge is -1.95. The van der Waals surface area contributed by atoms with Gasteiger partial charge in [0.2, 0.25) is 0 Å². The average Bonchev–Trinajstić information content (AvgIpc) is 1.98. The van der Waals surface area contributed by atoms with Crippen LogP contribution in [0.1, 0.15) is 0 Å². The van der Waals surface area contributed by atoms with Crippen LogP contribution in [0.4, 0.5) is 0 Å². The molecule has 1 heteroatoms. The molecule has 0 aromatic rings. The van der Waals surface area contributed by atoms with E-state index in [2.05, 4.69) is 18.5 Å². The summed E-state index contributed by atoms with van der Waals surface area (Å²) in [5.74, 6) is 0. The molecular weight excluding hydrogens is 122 g/mol. The zero-order chi connectivity index (χ0) is 7.82. The van der Waals surface area contributed by atoms with Crippen molar-refractivity contribution in [3.63, 3.8) is 0 Å². The molecule has 0 amide bonds. The highest BCUT2D eigenvalue weighted by molar-refractivity contribution is 5.22. The Morgan fingerprint density at radius 3 is 2.40 bits per heavy atom. The maximum absolute atomic E-state index is 3.58. The Kier molecular flexibility index (Phi) is 5.16. The minimum absolute atomic E-state index is 1.02. The summed E-state index contributed by atoms with van der Waals surface area (Å²) in [5, 5.41) is 2.99. The smallest absolute Gasteiger partial charge is 0.0337 e. The molecule has 0 aliphatic carbocycles. The second-order valence-corrected chi connectivity index (χ2v) is 1.70. The molecule has 1 N–H and O–H groups in total. The molecule has 0 heterocycles. The first kappa shape index (κ1) is 8.76. The first-order valence-electron chi connectivity index (χ1n) is 3.14. The summed E-state index contributed by atoms with van der Waals surface area (Å²) in [6.45, 7) is 7.14. The third-order valence-corrected chi connectivity index (χ3v) is 0.998.